The largest absolute Gasteiger partial charge is 0.445 e. The molecule has 1 aromatic heterocycles. The first-order valence-electron chi connectivity index (χ1n) is 11.1. The van der Waals surface area contributed by atoms with Crippen LogP contribution in [0, 0.1) is 0 Å². The summed E-state index contributed by atoms with van der Waals surface area (Å²) in [5, 5.41) is 5.66. The summed E-state index contributed by atoms with van der Waals surface area (Å²) in [6.07, 6.45) is 1.32. The number of para-hydroxylation sites is 2. The zero-order valence-electron chi connectivity index (χ0n) is 18.8. The van der Waals surface area contributed by atoms with Crippen LogP contribution in [0.5, 0.6) is 0 Å². The number of carbonyl (C=O) groups excluding carboxylic acids is 2. The molecule has 4 rings (SSSR count). The molecule has 7 nitrogen and oxygen atoms in total. The van der Waals surface area contributed by atoms with Crippen molar-refractivity contribution >= 4 is 23.0 Å². The van der Waals surface area contributed by atoms with Crippen LogP contribution in [0.3, 0.4) is 0 Å². The third-order valence-electron chi connectivity index (χ3n) is 5.37. The second-order valence-electron chi connectivity index (χ2n) is 7.96. The minimum absolute atomic E-state index is 0.120. The van der Waals surface area contributed by atoms with E-state index in [4.69, 9.17) is 4.74 Å². The Balaban J connectivity index is 1.44. The van der Waals surface area contributed by atoms with Crippen molar-refractivity contribution in [3.05, 3.63) is 108 Å². The summed E-state index contributed by atoms with van der Waals surface area (Å²) in [6, 6.07) is 25.2. The van der Waals surface area contributed by atoms with E-state index in [2.05, 4.69) is 20.6 Å². The summed E-state index contributed by atoms with van der Waals surface area (Å²) < 4.78 is 5.33. The maximum absolute atomic E-state index is 13.2. The second-order valence-corrected chi connectivity index (χ2v) is 7.96. The Morgan fingerprint density at radius 2 is 1.44 bits per heavy atom. The highest BCUT2D eigenvalue weighted by atomic mass is 16.5. The fourth-order valence-electron chi connectivity index (χ4n) is 3.53. The van der Waals surface area contributed by atoms with E-state index >= 15 is 0 Å². The second kappa shape index (κ2) is 11.0. The van der Waals surface area contributed by atoms with E-state index in [0.29, 0.717) is 12.1 Å². The van der Waals surface area contributed by atoms with E-state index in [1.165, 1.54) is 0 Å². The van der Waals surface area contributed by atoms with Gasteiger partial charge in [-0.05, 0) is 30.2 Å². The number of amides is 2. The molecule has 2 amide bonds. The highest BCUT2D eigenvalue weighted by Crippen LogP contribution is 2.14. The maximum atomic E-state index is 13.2. The Morgan fingerprint density at radius 3 is 2.15 bits per heavy atom. The number of hydrogen-bond acceptors (Lipinski definition) is 5. The third-order valence-corrected chi connectivity index (χ3v) is 5.37. The molecule has 0 saturated carbocycles. The highest BCUT2D eigenvalue weighted by molar-refractivity contribution is 5.86. The van der Waals surface area contributed by atoms with Gasteiger partial charge in [-0.1, -0.05) is 72.8 Å². The summed E-state index contributed by atoms with van der Waals surface area (Å²) in [5.74, 6) is -0.331. The van der Waals surface area contributed by atoms with Gasteiger partial charge >= 0.3 is 6.09 Å². The minimum atomic E-state index is -0.818. The molecule has 0 bridgehead atoms. The van der Waals surface area contributed by atoms with Crippen LogP contribution in [-0.4, -0.2) is 28.0 Å². The van der Waals surface area contributed by atoms with Crippen LogP contribution in [-0.2, 0) is 22.6 Å². The third kappa shape index (κ3) is 6.16. The quantitative estimate of drug-likeness (QED) is 0.413. The molecular weight excluding hydrogens is 428 g/mol. The van der Waals surface area contributed by atoms with Gasteiger partial charge in [0.2, 0.25) is 5.91 Å². The summed E-state index contributed by atoms with van der Waals surface area (Å²) >= 11 is 0. The molecule has 0 aliphatic carbocycles. The average Bonchev–Trinajstić information content (AvgIpc) is 2.88. The van der Waals surface area contributed by atoms with E-state index in [1.807, 2.05) is 91.9 Å². The van der Waals surface area contributed by atoms with Crippen LogP contribution in [0.15, 0.2) is 91.1 Å². The van der Waals surface area contributed by atoms with Gasteiger partial charge in [0, 0.05) is 6.42 Å². The number of ether oxygens (including phenoxy) is 1. The molecule has 2 atom stereocenters. The van der Waals surface area contributed by atoms with Gasteiger partial charge < -0.3 is 15.4 Å². The number of benzene rings is 3. The van der Waals surface area contributed by atoms with Crippen molar-refractivity contribution in [2.45, 2.75) is 32.0 Å². The van der Waals surface area contributed by atoms with Gasteiger partial charge in [-0.15, -0.1) is 0 Å². The first-order valence-corrected chi connectivity index (χ1v) is 11.1. The van der Waals surface area contributed by atoms with Crippen LogP contribution < -0.4 is 10.6 Å². The van der Waals surface area contributed by atoms with Crippen molar-refractivity contribution in [3.63, 3.8) is 0 Å². The lowest BCUT2D eigenvalue weighted by Gasteiger charge is -2.21. The molecule has 2 N–H and O–H groups in total. The van der Waals surface area contributed by atoms with Gasteiger partial charge in [0.25, 0.3) is 0 Å². The van der Waals surface area contributed by atoms with Gasteiger partial charge in [0.05, 0.1) is 29.0 Å². The lowest BCUT2D eigenvalue weighted by molar-refractivity contribution is -0.123. The van der Waals surface area contributed by atoms with Crippen molar-refractivity contribution in [2.75, 3.05) is 0 Å². The molecule has 0 spiro atoms. The van der Waals surface area contributed by atoms with Crippen LogP contribution in [0.2, 0.25) is 0 Å². The van der Waals surface area contributed by atoms with Crippen LogP contribution in [0.1, 0.15) is 29.8 Å². The number of nitrogens with one attached hydrogen (secondary N) is 2. The summed E-state index contributed by atoms with van der Waals surface area (Å²) in [4.78, 5) is 34.7. The maximum Gasteiger partial charge on any atom is 0.408 e. The van der Waals surface area contributed by atoms with Crippen molar-refractivity contribution in [1.82, 2.24) is 20.6 Å². The van der Waals surface area contributed by atoms with Gasteiger partial charge in [-0.2, -0.15) is 0 Å². The topological polar surface area (TPSA) is 93.2 Å². The number of rotatable bonds is 8. The first kappa shape index (κ1) is 22.9. The molecule has 172 valence electrons. The zero-order valence-corrected chi connectivity index (χ0v) is 18.8. The van der Waals surface area contributed by atoms with E-state index in [-0.39, 0.29) is 12.5 Å². The Labute approximate surface area is 198 Å². The van der Waals surface area contributed by atoms with Crippen molar-refractivity contribution in [3.8, 4) is 0 Å². The smallest absolute Gasteiger partial charge is 0.408 e. The Morgan fingerprint density at radius 1 is 0.824 bits per heavy atom. The lowest BCUT2D eigenvalue weighted by Crippen LogP contribution is -2.48. The van der Waals surface area contributed by atoms with Gasteiger partial charge in [-0.25, -0.2) is 9.78 Å². The SMILES string of the molecule is C[C@H](NC(=O)[C@H](Cc1ccccc1)NC(=O)OCc1ccccc1)c1cnc2ccccc2n1. The van der Waals surface area contributed by atoms with Gasteiger partial charge in [0.1, 0.15) is 12.6 Å². The normalized spacial score (nSPS) is 12.5. The molecule has 0 radical (unpaired) electrons. The number of aromatic nitrogens is 2. The molecular formula is C27H26N4O3. The number of fused-ring (bicyclic) bond motifs is 1. The van der Waals surface area contributed by atoms with Crippen LogP contribution in [0.4, 0.5) is 4.79 Å². The molecule has 4 aromatic rings. The van der Waals surface area contributed by atoms with Crippen LogP contribution >= 0.6 is 0 Å². The highest BCUT2D eigenvalue weighted by Gasteiger charge is 2.24. The summed E-state index contributed by atoms with van der Waals surface area (Å²) in [7, 11) is 0. The minimum Gasteiger partial charge on any atom is -0.445 e. The molecule has 0 aliphatic heterocycles. The molecule has 0 aliphatic rings. The van der Waals surface area contributed by atoms with Crippen molar-refractivity contribution < 1.29 is 14.3 Å². The van der Waals surface area contributed by atoms with Crippen molar-refractivity contribution in [2.24, 2.45) is 0 Å². The fourth-order valence-corrected chi connectivity index (χ4v) is 3.53. The average molecular weight is 455 g/mol. The van der Waals surface area contributed by atoms with E-state index in [9.17, 15) is 9.59 Å². The van der Waals surface area contributed by atoms with E-state index in [0.717, 1.165) is 22.2 Å². The zero-order chi connectivity index (χ0) is 23.8. The summed E-state index contributed by atoms with van der Waals surface area (Å²) in [5.41, 5.74) is 3.96. The molecule has 34 heavy (non-hydrogen) atoms. The van der Waals surface area contributed by atoms with Gasteiger partial charge in [-0.3, -0.25) is 9.78 Å². The van der Waals surface area contributed by atoms with E-state index < -0.39 is 18.2 Å². The molecule has 3 aromatic carbocycles. The standard InChI is InChI=1S/C27H26N4O3/c1-19(25-17-28-22-14-8-9-15-23(22)30-25)29-26(32)24(16-20-10-4-2-5-11-20)31-27(33)34-18-21-12-6-3-7-13-21/h2-15,17,19,24H,16,18H2,1H3,(H,29,32)(H,31,33)/t19-,24-/m0/s1. The summed E-state index contributed by atoms with van der Waals surface area (Å²) in [6.45, 7) is 1.96. The predicted molar refractivity (Wildman–Crippen MR) is 130 cm³/mol. The van der Waals surface area contributed by atoms with Crippen molar-refractivity contribution in [1.29, 1.82) is 0 Å². The fraction of sp³-hybridized carbons (Fsp3) is 0.185. The molecule has 7 heteroatoms. The van der Waals surface area contributed by atoms with Crippen LogP contribution in [0.25, 0.3) is 11.0 Å². The molecule has 1 heterocycles. The molecule has 0 fully saturated rings. The first-order chi connectivity index (χ1) is 16.6. The van der Waals surface area contributed by atoms with E-state index in [1.54, 1.807) is 6.20 Å². The number of hydrogen-bond donors (Lipinski definition) is 2. The monoisotopic (exact) mass is 454 g/mol. The number of nitrogens with zero attached hydrogens (tertiary/aromatic N) is 2. The number of alkyl carbamates (subject to hydrolysis) is 1. The predicted octanol–water partition coefficient (Wildman–Crippen LogP) is 4.34. The Kier molecular flexibility index (Phi) is 7.45. The molecule has 0 saturated heterocycles. The molecule has 0 unspecified atom stereocenters. The Bertz CT molecular complexity index is 1250. The Hall–Kier alpha value is -4.26. The van der Waals surface area contributed by atoms with Gasteiger partial charge in [0.15, 0.2) is 0 Å². The lowest BCUT2D eigenvalue weighted by atomic mass is 10.0. The number of carbonyl (C=O) groups is 2.